The number of halogens is 1. The largest absolute Gasteiger partial charge is 0.257 e. The smallest absolute Gasteiger partial charge is 0.0647 e. The molecule has 0 aliphatic heterocycles. The zero-order chi connectivity index (χ0) is 9.14. The summed E-state index contributed by atoms with van der Waals surface area (Å²) in [4.78, 5) is 4.39. The van der Waals surface area contributed by atoms with Crippen LogP contribution in [0.5, 0.6) is 0 Å². The quantitative estimate of drug-likeness (QED) is 0.643. The fraction of sp³-hybridized carbons (Fsp3) is 0.500. The third kappa shape index (κ3) is 1.78. The molecular weight excluding hydrogens is 170 g/mol. The molecule has 0 atom stereocenters. The van der Waals surface area contributed by atoms with Gasteiger partial charge in [0.05, 0.1) is 11.6 Å². The number of aromatic nitrogens is 1. The zero-order valence-electron chi connectivity index (χ0n) is 7.82. The van der Waals surface area contributed by atoms with Gasteiger partial charge in [0.1, 0.15) is 0 Å². The molecule has 0 saturated heterocycles. The van der Waals surface area contributed by atoms with Crippen molar-refractivity contribution in [3.8, 4) is 0 Å². The van der Waals surface area contributed by atoms with Crippen molar-refractivity contribution in [2.75, 3.05) is 0 Å². The number of nitrogens with zero attached hydrogens (tertiary/aromatic N) is 1. The summed E-state index contributed by atoms with van der Waals surface area (Å²) in [5.74, 6) is 0.506. The zero-order valence-corrected chi connectivity index (χ0v) is 8.57. The first kappa shape index (κ1) is 9.53. The number of aryl methyl sites for hydroxylation is 2. The minimum absolute atomic E-state index is 0.506. The van der Waals surface area contributed by atoms with Gasteiger partial charge in [0, 0.05) is 5.69 Å². The third-order valence-corrected chi connectivity index (χ3v) is 2.37. The molecule has 1 nitrogen and oxygen atoms in total. The molecule has 0 spiro atoms. The highest BCUT2D eigenvalue weighted by Crippen LogP contribution is 2.14. The maximum atomic E-state index is 5.70. The van der Waals surface area contributed by atoms with Crippen LogP contribution in [0.2, 0.25) is 0 Å². The van der Waals surface area contributed by atoms with Crippen molar-refractivity contribution in [3.05, 3.63) is 28.6 Å². The summed E-state index contributed by atoms with van der Waals surface area (Å²) in [6.07, 6.45) is 1.05. The van der Waals surface area contributed by atoms with Gasteiger partial charge < -0.3 is 0 Å². The van der Waals surface area contributed by atoms with Crippen molar-refractivity contribution in [1.82, 2.24) is 4.98 Å². The summed E-state index contributed by atoms with van der Waals surface area (Å²) in [6, 6.07) is 2.07. The maximum Gasteiger partial charge on any atom is 0.0647 e. The average Bonchev–Trinajstić information content (AvgIpc) is 2.03. The first-order chi connectivity index (χ1) is 5.69. The minimum Gasteiger partial charge on any atom is -0.257 e. The van der Waals surface area contributed by atoms with Gasteiger partial charge in [-0.2, -0.15) is 0 Å². The van der Waals surface area contributed by atoms with Crippen LogP contribution in [-0.4, -0.2) is 4.98 Å². The van der Waals surface area contributed by atoms with Crippen LogP contribution in [0.3, 0.4) is 0 Å². The second kappa shape index (κ2) is 3.90. The Labute approximate surface area is 78.8 Å². The SMILES string of the molecule is CCc1c(C)cc(CCl)nc1C. The van der Waals surface area contributed by atoms with Gasteiger partial charge in [0.25, 0.3) is 0 Å². The molecule has 0 N–H and O–H groups in total. The van der Waals surface area contributed by atoms with Crippen LogP contribution in [-0.2, 0) is 12.3 Å². The standard InChI is InChI=1S/C10H14ClN/c1-4-10-7(2)5-9(6-11)12-8(10)3/h5H,4,6H2,1-3H3. The van der Waals surface area contributed by atoms with Gasteiger partial charge in [0.2, 0.25) is 0 Å². The Balaban J connectivity index is 3.18. The van der Waals surface area contributed by atoms with Crippen LogP contribution in [0.1, 0.15) is 29.4 Å². The molecule has 66 valence electrons. The van der Waals surface area contributed by atoms with Gasteiger partial charge in [-0.05, 0) is 37.5 Å². The fourth-order valence-electron chi connectivity index (χ4n) is 1.54. The van der Waals surface area contributed by atoms with E-state index in [9.17, 15) is 0 Å². The number of pyridine rings is 1. The Bertz CT molecular complexity index is 258. The van der Waals surface area contributed by atoms with Crippen LogP contribution in [0.4, 0.5) is 0 Å². The van der Waals surface area contributed by atoms with Gasteiger partial charge in [-0.25, -0.2) is 0 Å². The van der Waals surface area contributed by atoms with Crippen molar-refractivity contribution >= 4 is 11.6 Å². The summed E-state index contributed by atoms with van der Waals surface area (Å²) in [6.45, 7) is 6.31. The molecule has 0 amide bonds. The summed E-state index contributed by atoms with van der Waals surface area (Å²) in [7, 11) is 0. The molecule has 0 aliphatic carbocycles. The summed E-state index contributed by atoms with van der Waals surface area (Å²) in [5, 5.41) is 0. The Morgan fingerprint density at radius 2 is 2.08 bits per heavy atom. The number of hydrogen-bond donors (Lipinski definition) is 0. The Morgan fingerprint density at radius 1 is 1.42 bits per heavy atom. The van der Waals surface area contributed by atoms with Gasteiger partial charge >= 0.3 is 0 Å². The molecule has 12 heavy (non-hydrogen) atoms. The van der Waals surface area contributed by atoms with Crippen molar-refractivity contribution in [3.63, 3.8) is 0 Å². The van der Waals surface area contributed by atoms with Crippen molar-refractivity contribution in [1.29, 1.82) is 0 Å². The molecule has 0 aliphatic rings. The molecule has 1 aromatic rings. The topological polar surface area (TPSA) is 12.9 Å². The lowest BCUT2D eigenvalue weighted by Gasteiger charge is -2.07. The molecule has 2 heteroatoms. The van der Waals surface area contributed by atoms with E-state index in [0.29, 0.717) is 5.88 Å². The normalized spacial score (nSPS) is 10.3. The fourth-order valence-corrected chi connectivity index (χ4v) is 1.68. The van der Waals surface area contributed by atoms with Crippen molar-refractivity contribution in [2.45, 2.75) is 33.1 Å². The number of alkyl halides is 1. The maximum absolute atomic E-state index is 5.70. The van der Waals surface area contributed by atoms with E-state index in [1.807, 2.05) is 6.92 Å². The van der Waals surface area contributed by atoms with Gasteiger partial charge in [-0.3, -0.25) is 4.98 Å². The third-order valence-electron chi connectivity index (χ3n) is 2.10. The van der Waals surface area contributed by atoms with E-state index in [4.69, 9.17) is 11.6 Å². The molecule has 0 aromatic carbocycles. The highest BCUT2D eigenvalue weighted by atomic mass is 35.5. The van der Waals surface area contributed by atoms with Gasteiger partial charge in [-0.1, -0.05) is 6.92 Å². The van der Waals surface area contributed by atoms with E-state index in [1.165, 1.54) is 11.1 Å². The van der Waals surface area contributed by atoms with Crippen molar-refractivity contribution in [2.24, 2.45) is 0 Å². The Morgan fingerprint density at radius 3 is 2.50 bits per heavy atom. The predicted molar refractivity (Wildman–Crippen MR) is 52.6 cm³/mol. The number of rotatable bonds is 2. The molecule has 0 radical (unpaired) electrons. The van der Waals surface area contributed by atoms with Crippen molar-refractivity contribution < 1.29 is 0 Å². The summed E-state index contributed by atoms with van der Waals surface area (Å²) in [5.41, 5.74) is 4.75. The van der Waals surface area contributed by atoms with E-state index in [-0.39, 0.29) is 0 Å². The second-order valence-electron chi connectivity index (χ2n) is 2.98. The summed E-state index contributed by atoms with van der Waals surface area (Å²) < 4.78 is 0. The molecule has 1 rings (SSSR count). The van der Waals surface area contributed by atoms with E-state index in [0.717, 1.165) is 17.8 Å². The Kier molecular flexibility index (Phi) is 3.10. The van der Waals surface area contributed by atoms with E-state index in [1.54, 1.807) is 0 Å². The molecule has 0 unspecified atom stereocenters. The van der Waals surface area contributed by atoms with E-state index >= 15 is 0 Å². The average molecular weight is 184 g/mol. The van der Waals surface area contributed by atoms with Crippen LogP contribution < -0.4 is 0 Å². The highest BCUT2D eigenvalue weighted by molar-refractivity contribution is 6.16. The minimum atomic E-state index is 0.506. The predicted octanol–water partition coefficient (Wildman–Crippen LogP) is 3.00. The van der Waals surface area contributed by atoms with Gasteiger partial charge in [0.15, 0.2) is 0 Å². The molecular formula is C10H14ClN. The van der Waals surface area contributed by atoms with E-state index in [2.05, 4.69) is 24.9 Å². The molecule has 1 aromatic heterocycles. The Hall–Kier alpha value is -0.560. The van der Waals surface area contributed by atoms with Crippen LogP contribution in [0.25, 0.3) is 0 Å². The number of hydrogen-bond acceptors (Lipinski definition) is 1. The second-order valence-corrected chi connectivity index (χ2v) is 3.25. The molecule has 1 heterocycles. The molecule has 0 fully saturated rings. The lowest BCUT2D eigenvalue weighted by Crippen LogP contribution is -1.98. The van der Waals surface area contributed by atoms with Crippen LogP contribution in [0, 0.1) is 13.8 Å². The van der Waals surface area contributed by atoms with Crippen LogP contribution >= 0.6 is 11.6 Å². The highest BCUT2D eigenvalue weighted by Gasteiger charge is 2.03. The lowest BCUT2D eigenvalue weighted by molar-refractivity contribution is 0.990. The summed E-state index contributed by atoms with van der Waals surface area (Å²) >= 11 is 5.70. The first-order valence-electron chi connectivity index (χ1n) is 4.21. The molecule has 0 saturated carbocycles. The van der Waals surface area contributed by atoms with Crippen LogP contribution in [0.15, 0.2) is 6.07 Å². The molecule has 0 bridgehead atoms. The monoisotopic (exact) mass is 183 g/mol. The lowest BCUT2D eigenvalue weighted by atomic mass is 10.0. The first-order valence-corrected chi connectivity index (χ1v) is 4.74. The van der Waals surface area contributed by atoms with Gasteiger partial charge in [-0.15, -0.1) is 11.6 Å². The van der Waals surface area contributed by atoms with E-state index < -0.39 is 0 Å².